The molecule has 0 saturated carbocycles. The Balaban J connectivity index is 2.03. The van der Waals surface area contributed by atoms with E-state index >= 15 is 0 Å². The summed E-state index contributed by atoms with van der Waals surface area (Å²) in [5.74, 6) is -0.321. The van der Waals surface area contributed by atoms with Crippen molar-refractivity contribution in [2.45, 2.75) is 26.8 Å². The average molecular weight is 323 g/mol. The quantitative estimate of drug-likeness (QED) is 0.676. The van der Waals surface area contributed by atoms with Crippen LogP contribution in [0.15, 0.2) is 24.4 Å². The van der Waals surface area contributed by atoms with E-state index in [4.69, 9.17) is 11.6 Å². The van der Waals surface area contributed by atoms with Gasteiger partial charge in [0.2, 0.25) is 5.91 Å². The van der Waals surface area contributed by atoms with Crippen LogP contribution in [-0.2, 0) is 11.3 Å². The lowest BCUT2D eigenvalue weighted by molar-refractivity contribution is -0.384. The second-order valence-electron chi connectivity index (χ2n) is 4.88. The largest absolute Gasteiger partial charge is 0.320 e. The summed E-state index contributed by atoms with van der Waals surface area (Å²) in [7, 11) is 0. The molecule has 0 radical (unpaired) electrons. The molecule has 0 aliphatic carbocycles. The highest BCUT2D eigenvalue weighted by Gasteiger charge is 2.16. The van der Waals surface area contributed by atoms with Gasteiger partial charge in [-0.15, -0.1) is 0 Å². The van der Waals surface area contributed by atoms with E-state index in [1.165, 1.54) is 18.3 Å². The molecule has 7 nitrogen and oxygen atoms in total. The third kappa shape index (κ3) is 3.62. The molecule has 1 aromatic carbocycles. The number of amides is 1. The van der Waals surface area contributed by atoms with Crippen molar-refractivity contribution in [1.29, 1.82) is 0 Å². The summed E-state index contributed by atoms with van der Waals surface area (Å²) in [6.45, 7) is 3.91. The molecule has 0 aliphatic rings. The Morgan fingerprint density at radius 2 is 2.18 bits per heavy atom. The normalized spacial score (nSPS) is 10.5. The Labute approximate surface area is 132 Å². The van der Waals surface area contributed by atoms with Gasteiger partial charge in [0, 0.05) is 12.5 Å². The summed E-state index contributed by atoms with van der Waals surface area (Å²) < 4.78 is 1.62. The summed E-state index contributed by atoms with van der Waals surface area (Å²) in [4.78, 5) is 22.4. The van der Waals surface area contributed by atoms with Crippen molar-refractivity contribution in [3.8, 4) is 0 Å². The number of aromatic nitrogens is 2. The maximum absolute atomic E-state index is 12.0. The first-order chi connectivity index (χ1) is 10.4. The molecule has 1 amide bonds. The van der Waals surface area contributed by atoms with Crippen molar-refractivity contribution < 1.29 is 9.72 Å². The number of anilines is 1. The minimum Gasteiger partial charge on any atom is -0.320 e. The SMILES string of the molecule is Cc1ccc(NC(=O)CCn2ncc(Cl)c2C)c([N+](=O)[O-])c1. The van der Waals surface area contributed by atoms with E-state index in [1.807, 2.05) is 0 Å². The van der Waals surface area contributed by atoms with Gasteiger partial charge in [0.25, 0.3) is 5.69 Å². The van der Waals surface area contributed by atoms with Gasteiger partial charge in [-0.3, -0.25) is 19.6 Å². The summed E-state index contributed by atoms with van der Waals surface area (Å²) >= 11 is 5.89. The maximum atomic E-state index is 12.0. The zero-order chi connectivity index (χ0) is 16.3. The van der Waals surface area contributed by atoms with Crippen LogP contribution in [0.3, 0.4) is 0 Å². The Hall–Kier alpha value is -2.41. The van der Waals surface area contributed by atoms with Crippen LogP contribution in [-0.4, -0.2) is 20.6 Å². The Bertz CT molecular complexity index is 727. The third-order valence-corrected chi connectivity index (χ3v) is 3.59. The van der Waals surface area contributed by atoms with E-state index in [0.717, 1.165) is 11.3 Å². The zero-order valence-corrected chi connectivity index (χ0v) is 12.9. The number of nitro benzene ring substituents is 1. The van der Waals surface area contributed by atoms with Crippen LogP contribution in [0.25, 0.3) is 0 Å². The van der Waals surface area contributed by atoms with Crippen molar-refractivity contribution in [2.75, 3.05) is 5.32 Å². The molecule has 116 valence electrons. The first-order valence-corrected chi connectivity index (χ1v) is 6.99. The average Bonchev–Trinajstić information content (AvgIpc) is 2.78. The lowest BCUT2D eigenvalue weighted by atomic mass is 10.2. The fourth-order valence-corrected chi connectivity index (χ4v) is 2.11. The molecule has 0 bridgehead atoms. The predicted octanol–water partition coefficient (Wildman–Crippen LogP) is 3.09. The number of hydrogen-bond acceptors (Lipinski definition) is 4. The van der Waals surface area contributed by atoms with Gasteiger partial charge in [-0.2, -0.15) is 5.10 Å². The van der Waals surface area contributed by atoms with Crippen LogP contribution in [0.2, 0.25) is 5.02 Å². The molecule has 8 heteroatoms. The van der Waals surface area contributed by atoms with Gasteiger partial charge in [0.1, 0.15) is 5.69 Å². The smallest absolute Gasteiger partial charge is 0.293 e. The zero-order valence-electron chi connectivity index (χ0n) is 12.2. The summed E-state index contributed by atoms with van der Waals surface area (Å²) in [5, 5.41) is 18.2. The molecule has 22 heavy (non-hydrogen) atoms. The number of rotatable bonds is 5. The van der Waals surface area contributed by atoms with Gasteiger partial charge < -0.3 is 5.32 Å². The number of nitro groups is 1. The number of nitrogens with zero attached hydrogens (tertiary/aromatic N) is 3. The van der Waals surface area contributed by atoms with Crippen LogP contribution in [0.4, 0.5) is 11.4 Å². The summed E-state index contributed by atoms with van der Waals surface area (Å²) in [6, 6.07) is 4.66. The van der Waals surface area contributed by atoms with Crippen LogP contribution in [0.5, 0.6) is 0 Å². The van der Waals surface area contributed by atoms with Crippen LogP contribution >= 0.6 is 11.6 Å². The van der Waals surface area contributed by atoms with Crippen LogP contribution in [0, 0.1) is 24.0 Å². The number of halogens is 1. The minimum atomic E-state index is -0.514. The molecule has 0 spiro atoms. The molecule has 0 fully saturated rings. The van der Waals surface area contributed by atoms with E-state index in [2.05, 4.69) is 10.4 Å². The lowest BCUT2D eigenvalue weighted by Crippen LogP contribution is -2.16. The van der Waals surface area contributed by atoms with E-state index in [1.54, 1.807) is 24.6 Å². The maximum Gasteiger partial charge on any atom is 0.293 e. The molecular formula is C14H15ClN4O3. The molecule has 0 unspecified atom stereocenters. The Morgan fingerprint density at radius 1 is 1.45 bits per heavy atom. The minimum absolute atomic E-state index is 0.119. The molecule has 0 saturated heterocycles. The van der Waals surface area contributed by atoms with E-state index in [9.17, 15) is 14.9 Å². The van der Waals surface area contributed by atoms with Crippen molar-refractivity contribution in [2.24, 2.45) is 0 Å². The number of benzene rings is 1. The number of hydrogen-bond donors (Lipinski definition) is 1. The number of nitrogens with one attached hydrogen (secondary N) is 1. The van der Waals surface area contributed by atoms with Gasteiger partial charge in [0.15, 0.2) is 0 Å². The molecule has 0 atom stereocenters. The number of aryl methyl sites for hydroxylation is 2. The molecule has 2 rings (SSSR count). The summed E-state index contributed by atoms with van der Waals surface area (Å²) in [6.07, 6.45) is 1.66. The first kappa shape index (κ1) is 16.0. The predicted molar refractivity (Wildman–Crippen MR) is 83.1 cm³/mol. The van der Waals surface area contributed by atoms with Crippen molar-refractivity contribution in [3.05, 3.63) is 50.8 Å². The number of carbonyl (C=O) groups excluding carboxylic acids is 1. The van der Waals surface area contributed by atoms with Gasteiger partial charge in [-0.1, -0.05) is 17.7 Å². The van der Waals surface area contributed by atoms with Crippen molar-refractivity contribution in [1.82, 2.24) is 9.78 Å². The first-order valence-electron chi connectivity index (χ1n) is 6.61. The fraction of sp³-hybridized carbons (Fsp3) is 0.286. The molecule has 1 heterocycles. The van der Waals surface area contributed by atoms with Gasteiger partial charge in [0.05, 0.1) is 28.4 Å². The van der Waals surface area contributed by atoms with Crippen LogP contribution < -0.4 is 5.32 Å². The molecule has 1 aromatic heterocycles. The standard InChI is InChI=1S/C14H15ClN4O3/c1-9-3-4-12(13(7-9)19(21)22)17-14(20)5-6-18-10(2)11(15)8-16-18/h3-4,7-8H,5-6H2,1-2H3,(H,17,20). The van der Waals surface area contributed by atoms with Crippen LogP contribution in [0.1, 0.15) is 17.7 Å². The second kappa shape index (κ2) is 6.57. The molecule has 0 aliphatic heterocycles. The van der Waals surface area contributed by atoms with Crippen molar-refractivity contribution in [3.63, 3.8) is 0 Å². The van der Waals surface area contributed by atoms with Gasteiger partial charge in [-0.25, -0.2) is 0 Å². The molecular weight excluding hydrogens is 308 g/mol. The highest BCUT2D eigenvalue weighted by molar-refractivity contribution is 6.31. The highest BCUT2D eigenvalue weighted by Crippen LogP contribution is 2.25. The monoisotopic (exact) mass is 322 g/mol. The topological polar surface area (TPSA) is 90.1 Å². The second-order valence-corrected chi connectivity index (χ2v) is 5.28. The number of carbonyl (C=O) groups is 1. The van der Waals surface area contributed by atoms with Gasteiger partial charge in [-0.05, 0) is 25.5 Å². The van der Waals surface area contributed by atoms with Crippen molar-refractivity contribution >= 4 is 28.9 Å². The molecule has 1 N–H and O–H groups in total. The molecule has 2 aromatic rings. The summed E-state index contributed by atoms with van der Waals surface area (Å²) in [5.41, 5.74) is 1.60. The van der Waals surface area contributed by atoms with E-state index in [0.29, 0.717) is 11.6 Å². The van der Waals surface area contributed by atoms with E-state index < -0.39 is 4.92 Å². The van der Waals surface area contributed by atoms with E-state index in [-0.39, 0.29) is 23.7 Å². The fourth-order valence-electron chi connectivity index (χ4n) is 1.97. The third-order valence-electron chi connectivity index (χ3n) is 3.22. The lowest BCUT2D eigenvalue weighted by Gasteiger charge is -2.08. The Kier molecular flexibility index (Phi) is 4.77. The Morgan fingerprint density at radius 3 is 2.77 bits per heavy atom. The van der Waals surface area contributed by atoms with Gasteiger partial charge >= 0.3 is 0 Å². The highest BCUT2D eigenvalue weighted by atomic mass is 35.5.